The van der Waals surface area contributed by atoms with Gasteiger partial charge >= 0.3 is 0 Å². The monoisotopic (exact) mass is 443 g/mol. The first-order valence-electron chi connectivity index (χ1n) is 11.8. The molecule has 0 amide bonds. The predicted octanol–water partition coefficient (Wildman–Crippen LogP) is 7.78. The van der Waals surface area contributed by atoms with Gasteiger partial charge in [0.1, 0.15) is 19.0 Å². The lowest BCUT2D eigenvalue weighted by Crippen LogP contribution is -2.01. The minimum absolute atomic E-state index is 0.740. The lowest BCUT2D eigenvalue weighted by atomic mass is 9.91. The Kier molecular flexibility index (Phi) is 3.65. The van der Waals surface area contributed by atoms with Gasteiger partial charge in [-0.1, -0.05) is 78.3 Å². The zero-order valence-electron chi connectivity index (χ0n) is 18.8. The summed E-state index contributed by atoms with van der Waals surface area (Å²) in [4.78, 5) is 0. The quantitative estimate of drug-likeness (QED) is 0.237. The standard InChI is InChI=1S/C32H18BNO/c33-25-10-5-11-28-30(25)24-15-14-21(18-29(24)35-28)34-26-16-12-19-6-1-3-8-22(19)31(26)32-23-9-4-2-7-20(23)13-17-27(32)34/h1-18H. The molecule has 0 aliphatic heterocycles. The summed E-state index contributed by atoms with van der Waals surface area (Å²) in [5, 5.41) is 9.61. The summed E-state index contributed by atoms with van der Waals surface area (Å²) in [7, 11) is 6.29. The van der Waals surface area contributed by atoms with Gasteiger partial charge in [-0.05, 0) is 51.9 Å². The van der Waals surface area contributed by atoms with E-state index in [1.807, 2.05) is 18.2 Å². The first-order valence-corrected chi connectivity index (χ1v) is 11.8. The van der Waals surface area contributed by atoms with Gasteiger partial charge in [-0.15, -0.1) is 0 Å². The molecule has 2 heterocycles. The van der Waals surface area contributed by atoms with Crippen molar-refractivity contribution in [2.24, 2.45) is 0 Å². The van der Waals surface area contributed by atoms with Gasteiger partial charge in [0.15, 0.2) is 0 Å². The highest BCUT2D eigenvalue weighted by Crippen LogP contribution is 2.41. The molecule has 0 N–H and O–H groups in total. The van der Waals surface area contributed by atoms with Crippen LogP contribution in [0.4, 0.5) is 0 Å². The van der Waals surface area contributed by atoms with E-state index in [1.165, 1.54) is 43.4 Å². The molecule has 35 heavy (non-hydrogen) atoms. The van der Waals surface area contributed by atoms with Crippen LogP contribution in [-0.4, -0.2) is 12.4 Å². The van der Waals surface area contributed by atoms with Crippen molar-refractivity contribution in [2.45, 2.75) is 0 Å². The van der Waals surface area contributed by atoms with E-state index < -0.39 is 0 Å². The number of fused-ring (bicyclic) bond motifs is 10. The number of furan rings is 1. The molecule has 0 saturated heterocycles. The van der Waals surface area contributed by atoms with Crippen LogP contribution in [0.15, 0.2) is 114 Å². The van der Waals surface area contributed by atoms with Gasteiger partial charge in [0.05, 0.1) is 11.0 Å². The smallest absolute Gasteiger partial charge is 0.137 e. The van der Waals surface area contributed by atoms with Gasteiger partial charge < -0.3 is 8.98 Å². The molecule has 3 heteroatoms. The van der Waals surface area contributed by atoms with Crippen LogP contribution in [0.3, 0.4) is 0 Å². The Morgan fingerprint density at radius 1 is 0.514 bits per heavy atom. The van der Waals surface area contributed by atoms with Crippen LogP contribution in [0.2, 0.25) is 0 Å². The Morgan fingerprint density at radius 2 is 1.17 bits per heavy atom. The molecule has 0 spiro atoms. The molecular weight excluding hydrogens is 425 g/mol. The first-order chi connectivity index (χ1) is 17.3. The van der Waals surface area contributed by atoms with E-state index in [4.69, 9.17) is 12.3 Å². The average Bonchev–Trinajstić information content (AvgIpc) is 3.45. The van der Waals surface area contributed by atoms with Crippen molar-refractivity contribution in [1.29, 1.82) is 0 Å². The molecule has 2 radical (unpaired) electrons. The molecule has 0 fully saturated rings. The Morgan fingerprint density at radius 3 is 1.86 bits per heavy atom. The Labute approximate surface area is 202 Å². The lowest BCUT2D eigenvalue weighted by molar-refractivity contribution is 0.669. The molecule has 0 aliphatic rings. The average molecular weight is 443 g/mol. The van der Waals surface area contributed by atoms with Crippen molar-refractivity contribution in [2.75, 3.05) is 0 Å². The SMILES string of the molecule is [B]c1cccc2oc3cc(-n4c5ccc6ccccc6c5c5c6ccccc6ccc54)ccc3c12. The number of benzene rings is 6. The van der Waals surface area contributed by atoms with Gasteiger partial charge in [0, 0.05) is 33.3 Å². The summed E-state index contributed by atoms with van der Waals surface area (Å²) >= 11 is 0. The number of nitrogens with zero attached hydrogens (tertiary/aromatic N) is 1. The second kappa shape index (κ2) is 6.77. The van der Waals surface area contributed by atoms with Crippen LogP contribution in [-0.2, 0) is 0 Å². The Balaban J connectivity index is 1.56. The van der Waals surface area contributed by atoms with Crippen molar-refractivity contribution in [3.8, 4) is 5.69 Å². The number of hydrogen-bond donors (Lipinski definition) is 0. The summed E-state index contributed by atoms with van der Waals surface area (Å²) < 4.78 is 8.60. The second-order valence-corrected chi connectivity index (χ2v) is 9.20. The van der Waals surface area contributed by atoms with E-state index >= 15 is 0 Å². The maximum Gasteiger partial charge on any atom is 0.137 e. The van der Waals surface area contributed by atoms with Crippen LogP contribution < -0.4 is 5.46 Å². The van der Waals surface area contributed by atoms with Gasteiger partial charge in [0.2, 0.25) is 0 Å². The highest BCUT2D eigenvalue weighted by Gasteiger charge is 2.18. The summed E-state index contributed by atoms with van der Waals surface area (Å²) in [6.07, 6.45) is 0. The third kappa shape index (κ3) is 2.50. The largest absolute Gasteiger partial charge is 0.456 e. The molecule has 8 rings (SSSR count). The van der Waals surface area contributed by atoms with Gasteiger partial charge in [-0.2, -0.15) is 0 Å². The summed E-state index contributed by atoms with van der Waals surface area (Å²) in [5.74, 6) is 0. The van der Waals surface area contributed by atoms with Crippen LogP contribution in [0.1, 0.15) is 0 Å². The third-order valence-corrected chi connectivity index (χ3v) is 7.32. The fraction of sp³-hybridized carbons (Fsp3) is 0. The van der Waals surface area contributed by atoms with Gasteiger partial charge in [-0.3, -0.25) is 0 Å². The van der Waals surface area contributed by atoms with Crippen molar-refractivity contribution >= 4 is 78.6 Å². The van der Waals surface area contributed by atoms with Crippen molar-refractivity contribution < 1.29 is 4.42 Å². The molecule has 8 aromatic rings. The normalized spacial score (nSPS) is 12.1. The highest BCUT2D eigenvalue weighted by atomic mass is 16.3. The van der Waals surface area contributed by atoms with E-state index in [0.717, 1.165) is 33.1 Å². The summed E-state index contributed by atoms with van der Waals surface area (Å²) in [5.41, 5.74) is 5.84. The molecule has 0 saturated carbocycles. The minimum atomic E-state index is 0.740. The molecule has 0 bridgehead atoms. The minimum Gasteiger partial charge on any atom is -0.456 e. The highest BCUT2D eigenvalue weighted by molar-refractivity contribution is 6.41. The van der Waals surface area contributed by atoms with Crippen molar-refractivity contribution in [3.05, 3.63) is 109 Å². The zero-order chi connectivity index (χ0) is 23.1. The zero-order valence-corrected chi connectivity index (χ0v) is 18.8. The number of rotatable bonds is 1. The Bertz CT molecular complexity index is 2040. The molecule has 6 aromatic carbocycles. The Hall–Kier alpha value is -4.50. The fourth-order valence-electron chi connectivity index (χ4n) is 5.81. The maximum absolute atomic E-state index is 6.29. The van der Waals surface area contributed by atoms with Crippen molar-refractivity contribution in [3.63, 3.8) is 0 Å². The van der Waals surface area contributed by atoms with Gasteiger partial charge in [-0.25, -0.2) is 0 Å². The molecule has 2 aromatic heterocycles. The van der Waals surface area contributed by atoms with Crippen LogP contribution in [0.5, 0.6) is 0 Å². The summed E-state index contributed by atoms with van der Waals surface area (Å²) in [6.45, 7) is 0. The molecule has 0 atom stereocenters. The molecule has 0 aliphatic carbocycles. The molecular formula is C32H18BNO. The van der Waals surface area contributed by atoms with E-state index in [1.54, 1.807) is 0 Å². The second-order valence-electron chi connectivity index (χ2n) is 9.20. The predicted molar refractivity (Wildman–Crippen MR) is 148 cm³/mol. The van der Waals surface area contributed by atoms with Crippen LogP contribution in [0, 0.1) is 0 Å². The van der Waals surface area contributed by atoms with Crippen LogP contribution in [0.25, 0.3) is 71.0 Å². The lowest BCUT2D eigenvalue weighted by Gasteiger charge is -2.09. The fourth-order valence-corrected chi connectivity index (χ4v) is 5.81. The molecule has 0 unspecified atom stereocenters. The molecule has 2 nitrogen and oxygen atoms in total. The maximum atomic E-state index is 6.29. The van der Waals surface area contributed by atoms with E-state index in [0.29, 0.717) is 0 Å². The van der Waals surface area contributed by atoms with Crippen molar-refractivity contribution in [1.82, 2.24) is 4.57 Å². The van der Waals surface area contributed by atoms with Crippen LogP contribution >= 0.6 is 0 Å². The third-order valence-electron chi connectivity index (χ3n) is 7.32. The van der Waals surface area contributed by atoms with Gasteiger partial charge in [0.25, 0.3) is 0 Å². The number of hydrogen-bond acceptors (Lipinski definition) is 1. The first kappa shape index (κ1) is 18.9. The molecule has 160 valence electrons. The topological polar surface area (TPSA) is 18.1 Å². The van der Waals surface area contributed by atoms with E-state index in [9.17, 15) is 0 Å². The number of aromatic nitrogens is 1. The van der Waals surface area contributed by atoms with E-state index in [2.05, 4.69) is 95.6 Å². The summed E-state index contributed by atoms with van der Waals surface area (Å²) in [6, 6.07) is 38.5. The van der Waals surface area contributed by atoms with E-state index in [-0.39, 0.29) is 0 Å².